The molecule has 2 aromatic carbocycles. The molecule has 0 spiro atoms. The molecule has 2 N–H and O–H groups in total. The third-order valence-electron chi connectivity index (χ3n) is 6.00. The maximum atomic E-state index is 6.06. The molecule has 0 amide bonds. The van der Waals surface area contributed by atoms with Crippen molar-refractivity contribution in [2.75, 3.05) is 49.9 Å². The zero-order chi connectivity index (χ0) is 27.8. The Labute approximate surface area is 239 Å². The highest BCUT2D eigenvalue weighted by Gasteiger charge is 2.19. The largest absolute Gasteiger partial charge is 0.344 e. The summed E-state index contributed by atoms with van der Waals surface area (Å²) in [6.45, 7) is 19.0. The third kappa shape index (κ3) is 11.7. The molecule has 8 heteroatoms. The lowest BCUT2D eigenvalue weighted by molar-refractivity contribution is 0.137. The smallest absolute Gasteiger partial charge is 0.103 e. The van der Waals surface area contributed by atoms with Crippen molar-refractivity contribution in [3.8, 4) is 0 Å². The van der Waals surface area contributed by atoms with Gasteiger partial charge in [-0.1, -0.05) is 23.2 Å². The van der Waals surface area contributed by atoms with Crippen molar-refractivity contribution in [3.05, 3.63) is 58.6 Å². The fourth-order valence-corrected chi connectivity index (χ4v) is 4.52. The molecule has 1 heterocycles. The van der Waals surface area contributed by atoms with Crippen LogP contribution in [0.5, 0.6) is 0 Å². The third-order valence-corrected chi connectivity index (χ3v) is 6.50. The Morgan fingerprint density at radius 1 is 0.632 bits per heavy atom. The molecule has 0 aliphatic carbocycles. The number of halogens is 2. The molecule has 0 unspecified atom stereocenters. The zero-order valence-corrected chi connectivity index (χ0v) is 25.3. The first kappa shape index (κ1) is 30.4. The number of anilines is 2. The maximum absolute atomic E-state index is 6.06. The topological polar surface area (TPSA) is 55.3 Å². The second-order valence-corrected chi connectivity index (χ2v) is 12.8. The summed E-state index contributed by atoms with van der Waals surface area (Å²) in [5.41, 5.74) is 1.75. The van der Waals surface area contributed by atoms with Gasteiger partial charge >= 0.3 is 0 Å². The SMILES string of the molecule is CC(C)(C)N=C(CCN1CCN(CCC(=NC(C)(C)C)Nc2ccc(Cl)cc2)CC1)Nc1ccc(Cl)cc1. The van der Waals surface area contributed by atoms with Crippen LogP contribution in [-0.4, -0.2) is 71.8 Å². The van der Waals surface area contributed by atoms with Gasteiger partial charge in [0.25, 0.3) is 0 Å². The predicted octanol–water partition coefficient (Wildman–Crippen LogP) is 7.31. The normalized spacial score (nSPS) is 16.5. The minimum atomic E-state index is -0.139. The molecular weight excluding hydrogens is 515 g/mol. The average molecular weight is 560 g/mol. The van der Waals surface area contributed by atoms with E-state index in [4.69, 9.17) is 33.2 Å². The molecule has 0 saturated carbocycles. The van der Waals surface area contributed by atoms with Gasteiger partial charge in [0.2, 0.25) is 0 Å². The van der Waals surface area contributed by atoms with Gasteiger partial charge in [0.15, 0.2) is 0 Å². The Morgan fingerprint density at radius 3 is 1.24 bits per heavy atom. The molecule has 0 radical (unpaired) electrons. The van der Waals surface area contributed by atoms with Crippen LogP contribution in [0.25, 0.3) is 0 Å². The Morgan fingerprint density at radius 2 is 0.947 bits per heavy atom. The molecule has 3 rings (SSSR count). The van der Waals surface area contributed by atoms with Gasteiger partial charge in [-0.15, -0.1) is 0 Å². The van der Waals surface area contributed by atoms with Gasteiger partial charge in [-0.25, -0.2) is 0 Å². The molecule has 6 nitrogen and oxygen atoms in total. The quantitative estimate of drug-likeness (QED) is 0.263. The highest BCUT2D eigenvalue weighted by Crippen LogP contribution is 2.18. The van der Waals surface area contributed by atoms with Crippen molar-refractivity contribution in [2.24, 2.45) is 9.98 Å². The van der Waals surface area contributed by atoms with E-state index in [9.17, 15) is 0 Å². The lowest BCUT2D eigenvalue weighted by atomic mass is 10.1. The Balaban J connectivity index is 1.50. The lowest BCUT2D eigenvalue weighted by Crippen LogP contribution is -2.47. The number of aliphatic imine (C=N–C) groups is 2. The van der Waals surface area contributed by atoms with Crippen LogP contribution in [-0.2, 0) is 0 Å². The molecule has 2 aromatic rings. The Hall–Kier alpha value is -2.12. The highest BCUT2D eigenvalue weighted by molar-refractivity contribution is 6.31. The van der Waals surface area contributed by atoms with Gasteiger partial charge in [0.05, 0.1) is 11.1 Å². The second kappa shape index (κ2) is 13.8. The summed E-state index contributed by atoms with van der Waals surface area (Å²) in [6.07, 6.45) is 1.76. The van der Waals surface area contributed by atoms with Crippen LogP contribution in [0.15, 0.2) is 58.5 Å². The van der Waals surface area contributed by atoms with Crippen LogP contribution in [0.2, 0.25) is 10.0 Å². The van der Waals surface area contributed by atoms with E-state index < -0.39 is 0 Å². The number of rotatable bonds is 8. The fourth-order valence-electron chi connectivity index (χ4n) is 4.27. The van der Waals surface area contributed by atoms with Crippen molar-refractivity contribution < 1.29 is 0 Å². The highest BCUT2D eigenvalue weighted by atomic mass is 35.5. The Kier molecular flexibility index (Phi) is 11.0. The molecule has 1 aliphatic rings. The van der Waals surface area contributed by atoms with E-state index in [-0.39, 0.29) is 11.1 Å². The van der Waals surface area contributed by atoms with Gasteiger partial charge in [0.1, 0.15) is 11.7 Å². The molecule has 1 saturated heterocycles. The minimum Gasteiger partial charge on any atom is -0.344 e. The average Bonchev–Trinajstić information content (AvgIpc) is 2.83. The Bertz CT molecular complexity index is 970. The molecule has 1 aliphatic heterocycles. The van der Waals surface area contributed by atoms with Crippen molar-refractivity contribution in [1.29, 1.82) is 0 Å². The van der Waals surface area contributed by atoms with Gasteiger partial charge in [-0.3, -0.25) is 9.98 Å². The number of hydrogen-bond donors (Lipinski definition) is 2. The van der Waals surface area contributed by atoms with E-state index in [0.717, 1.165) is 85.2 Å². The van der Waals surface area contributed by atoms with Gasteiger partial charge < -0.3 is 20.4 Å². The van der Waals surface area contributed by atoms with Crippen LogP contribution in [0.4, 0.5) is 11.4 Å². The lowest BCUT2D eigenvalue weighted by Gasteiger charge is -2.35. The summed E-state index contributed by atoms with van der Waals surface area (Å²) in [5.74, 6) is 2.03. The molecular formula is C30H44Cl2N6. The number of piperazine rings is 1. The summed E-state index contributed by atoms with van der Waals surface area (Å²) in [4.78, 5) is 15.0. The number of benzene rings is 2. The molecule has 0 atom stereocenters. The van der Waals surface area contributed by atoms with E-state index in [0.29, 0.717) is 0 Å². The second-order valence-electron chi connectivity index (χ2n) is 11.9. The van der Waals surface area contributed by atoms with Crippen LogP contribution in [0.1, 0.15) is 54.4 Å². The zero-order valence-electron chi connectivity index (χ0n) is 23.8. The first-order valence-corrected chi connectivity index (χ1v) is 14.3. The number of nitrogens with one attached hydrogen (secondary N) is 2. The summed E-state index contributed by atoms with van der Waals surface area (Å²) in [7, 11) is 0. The minimum absolute atomic E-state index is 0.139. The first-order valence-electron chi connectivity index (χ1n) is 13.5. The van der Waals surface area contributed by atoms with Gasteiger partial charge in [0, 0.05) is 73.5 Å². The van der Waals surface area contributed by atoms with E-state index in [1.807, 2.05) is 48.5 Å². The molecule has 0 aromatic heterocycles. The van der Waals surface area contributed by atoms with E-state index >= 15 is 0 Å². The fraction of sp³-hybridized carbons (Fsp3) is 0.533. The van der Waals surface area contributed by atoms with E-state index in [1.54, 1.807) is 0 Å². The predicted molar refractivity (Wildman–Crippen MR) is 167 cm³/mol. The monoisotopic (exact) mass is 558 g/mol. The van der Waals surface area contributed by atoms with Crippen molar-refractivity contribution in [2.45, 2.75) is 65.5 Å². The van der Waals surface area contributed by atoms with Crippen LogP contribution in [0.3, 0.4) is 0 Å². The molecule has 1 fully saturated rings. The molecule has 0 bridgehead atoms. The summed E-state index contributed by atoms with van der Waals surface area (Å²) in [5, 5.41) is 8.50. The summed E-state index contributed by atoms with van der Waals surface area (Å²) >= 11 is 12.1. The van der Waals surface area contributed by atoms with Crippen LogP contribution < -0.4 is 10.6 Å². The molecule has 208 valence electrons. The molecule has 38 heavy (non-hydrogen) atoms. The number of nitrogens with zero attached hydrogens (tertiary/aromatic N) is 4. The van der Waals surface area contributed by atoms with Gasteiger partial charge in [-0.2, -0.15) is 0 Å². The number of amidine groups is 2. The van der Waals surface area contributed by atoms with Crippen LogP contribution in [0, 0.1) is 0 Å². The van der Waals surface area contributed by atoms with E-state index in [2.05, 4.69) is 62.0 Å². The standard InChI is InChI=1S/C30H44Cl2N6/c1-29(2,3)35-27(33-25-11-7-23(31)8-12-25)15-17-37-19-21-38(22-20-37)18-16-28(36-30(4,5)6)34-26-13-9-24(32)10-14-26/h7-14H,15-22H2,1-6H3,(H,33,35)(H,34,36). The van der Waals surface area contributed by atoms with Crippen molar-refractivity contribution >= 4 is 46.2 Å². The summed E-state index contributed by atoms with van der Waals surface area (Å²) < 4.78 is 0. The number of hydrogen-bond acceptors (Lipinski definition) is 4. The van der Waals surface area contributed by atoms with E-state index in [1.165, 1.54) is 0 Å². The van der Waals surface area contributed by atoms with Gasteiger partial charge in [-0.05, 0) is 90.1 Å². The maximum Gasteiger partial charge on any atom is 0.103 e. The first-order chi connectivity index (χ1) is 17.8. The summed E-state index contributed by atoms with van der Waals surface area (Å²) in [6, 6.07) is 15.6. The van der Waals surface area contributed by atoms with Crippen molar-refractivity contribution in [3.63, 3.8) is 0 Å². The van der Waals surface area contributed by atoms with Crippen molar-refractivity contribution in [1.82, 2.24) is 9.80 Å². The van der Waals surface area contributed by atoms with Crippen LogP contribution >= 0.6 is 23.2 Å².